The van der Waals surface area contributed by atoms with E-state index in [2.05, 4.69) is 10.6 Å². The number of rotatable bonds is 1. The molecule has 17 heavy (non-hydrogen) atoms. The molecular formula is C12H13N3O2. The molecule has 4 heterocycles. The highest BCUT2D eigenvalue weighted by Crippen LogP contribution is 2.51. The zero-order chi connectivity index (χ0) is 11.5. The molecule has 0 aromatic heterocycles. The van der Waals surface area contributed by atoms with Crippen molar-refractivity contribution in [3.63, 3.8) is 0 Å². The van der Waals surface area contributed by atoms with Gasteiger partial charge in [-0.3, -0.25) is 5.32 Å². The van der Waals surface area contributed by atoms with Gasteiger partial charge in [-0.1, -0.05) is 18.2 Å². The number of urea groups is 1. The summed E-state index contributed by atoms with van der Waals surface area (Å²) in [6, 6.07) is 9.72. The van der Waals surface area contributed by atoms with E-state index in [-0.39, 0.29) is 24.0 Å². The third kappa shape index (κ3) is 1.13. The summed E-state index contributed by atoms with van der Waals surface area (Å²) >= 11 is 0. The SMILES string of the molecule is O=C(Nc1ccccc1)N1CC[C@@]23NC(O2)[C@H]13. The van der Waals surface area contributed by atoms with Gasteiger partial charge < -0.3 is 15.0 Å². The second kappa shape index (κ2) is 3.00. The molecule has 5 nitrogen and oxygen atoms in total. The molecule has 4 saturated heterocycles. The molecule has 4 aliphatic heterocycles. The monoisotopic (exact) mass is 231 g/mol. The van der Waals surface area contributed by atoms with E-state index in [0.717, 1.165) is 18.7 Å². The van der Waals surface area contributed by atoms with Crippen molar-refractivity contribution in [2.45, 2.75) is 24.4 Å². The topological polar surface area (TPSA) is 53.6 Å². The number of carbonyl (C=O) groups is 1. The Morgan fingerprint density at radius 2 is 2.24 bits per heavy atom. The number of hydrogen-bond donors (Lipinski definition) is 2. The molecule has 2 N–H and O–H groups in total. The third-order valence-corrected chi connectivity index (χ3v) is 3.83. The van der Waals surface area contributed by atoms with Crippen molar-refractivity contribution in [1.29, 1.82) is 0 Å². The van der Waals surface area contributed by atoms with Crippen molar-refractivity contribution >= 4 is 11.7 Å². The van der Waals surface area contributed by atoms with Crippen LogP contribution < -0.4 is 10.6 Å². The minimum Gasteiger partial charge on any atom is -0.338 e. The molecule has 3 atom stereocenters. The molecule has 1 aromatic carbocycles. The molecule has 5 rings (SSSR count). The van der Waals surface area contributed by atoms with Gasteiger partial charge in [0.2, 0.25) is 0 Å². The number of ether oxygens (including phenoxy) is 1. The predicted molar refractivity (Wildman–Crippen MR) is 61.3 cm³/mol. The van der Waals surface area contributed by atoms with Crippen LogP contribution in [0.4, 0.5) is 10.5 Å². The van der Waals surface area contributed by atoms with Gasteiger partial charge in [-0.2, -0.15) is 0 Å². The third-order valence-electron chi connectivity index (χ3n) is 3.83. The first kappa shape index (κ1) is 9.44. The van der Waals surface area contributed by atoms with Crippen molar-refractivity contribution in [2.75, 3.05) is 11.9 Å². The molecule has 0 aliphatic carbocycles. The summed E-state index contributed by atoms with van der Waals surface area (Å²) in [5.74, 6) is 0. The fraction of sp³-hybridized carbons (Fsp3) is 0.417. The fourth-order valence-electron chi connectivity index (χ4n) is 2.91. The van der Waals surface area contributed by atoms with E-state index >= 15 is 0 Å². The Morgan fingerprint density at radius 1 is 1.47 bits per heavy atom. The summed E-state index contributed by atoms with van der Waals surface area (Å²) in [4.78, 5) is 14.0. The zero-order valence-electron chi connectivity index (χ0n) is 9.22. The first-order chi connectivity index (χ1) is 8.28. The maximum absolute atomic E-state index is 12.1. The van der Waals surface area contributed by atoms with Gasteiger partial charge in [0.15, 0.2) is 0 Å². The Balaban J connectivity index is 1.48. The van der Waals surface area contributed by atoms with Crippen LogP contribution in [0.5, 0.6) is 0 Å². The molecule has 2 amide bonds. The van der Waals surface area contributed by atoms with Crippen LogP contribution in [0.3, 0.4) is 0 Å². The van der Waals surface area contributed by atoms with Crippen LogP contribution in [0.15, 0.2) is 30.3 Å². The van der Waals surface area contributed by atoms with Gasteiger partial charge in [0, 0.05) is 18.7 Å². The molecule has 0 radical (unpaired) electrons. The molecule has 5 heteroatoms. The van der Waals surface area contributed by atoms with Gasteiger partial charge in [-0.05, 0) is 12.1 Å². The molecule has 1 spiro atoms. The van der Waals surface area contributed by atoms with E-state index in [1.165, 1.54) is 0 Å². The lowest BCUT2D eigenvalue weighted by Gasteiger charge is -2.65. The van der Waals surface area contributed by atoms with E-state index in [0.29, 0.717) is 0 Å². The Kier molecular flexibility index (Phi) is 1.66. The van der Waals surface area contributed by atoms with Crippen LogP contribution >= 0.6 is 0 Å². The van der Waals surface area contributed by atoms with E-state index in [1.807, 2.05) is 35.2 Å². The fourth-order valence-corrected chi connectivity index (χ4v) is 2.91. The van der Waals surface area contributed by atoms with Crippen molar-refractivity contribution < 1.29 is 9.53 Å². The lowest BCUT2D eigenvalue weighted by Crippen LogP contribution is -2.90. The van der Waals surface area contributed by atoms with Crippen LogP contribution in [-0.4, -0.2) is 35.5 Å². The second-order valence-corrected chi connectivity index (χ2v) is 4.76. The zero-order valence-corrected chi connectivity index (χ0v) is 9.22. The van der Waals surface area contributed by atoms with Gasteiger partial charge in [-0.25, -0.2) is 4.79 Å². The van der Waals surface area contributed by atoms with Crippen molar-refractivity contribution in [3.05, 3.63) is 30.3 Å². The quantitative estimate of drug-likeness (QED) is 0.756. The lowest BCUT2D eigenvalue weighted by molar-refractivity contribution is -0.374. The predicted octanol–water partition coefficient (Wildman–Crippen LogP) is 0.949. The average Bonchev–Trinajstić information content (AvgIpc) is 2.48. The summed E-state index contributed by atoms with van der Waals surface area (Å²) in [5.41, 5.74) is 0.624. The summed E-state index contributed by atoms with van der Waals surface area (Å²) < 4.78 is 5.54. The van der Waals surface area contributed by atoms with Gasteiger partial charge in [0.05, 0.1) is 0 Å². The minimum absolute atomic E-state index is 0.0297. The molecule has 0 saturated carbocycles. The van der Waals surface area contributed by atoms with Gasteiger partial charge >= 0.3 is 6.03 Å². The number of amides is 2. The standard InChI is InChI=1S/C12H13N3O2/c16-11(13-8-4-2-1-3-5-8)15-7-6-12-9(15)10(14-12)17-12/h1-5,9-10,14H,6-7H2,(H,13,16)/t9-,10?,12+/m0/s1. The molecule has 4 fully saturated rings. The van der Waals surface area contributed by atoms with Crippen LogP contribution in [0.25, 0.3) is 0 Å². The molecule has 2 bridgehead atoms. The van der Waals surface area contributed by atoms with Crippen LogP contribution in [0.2, 0.25) is 0 Å². The maximum atomic E-state index is 12.1. The molecule has 88 valence electrons. The highest BCUT2D eigenvalue weighted by Gasteiger charge is 2.73. The Bertz CT molecular complexity index is 470. The van der Waals surface area contributed by atoms with Gasteiger partial charge in [-0.15, -0.1) is 0 Å². The number of nitrogens with zero attached hydrogens (tertiary/aromatic N) is 1. The summed E-state index contributed by atoms with van der Waals surface area (Å²) in [6.45, 7) is 0.757. The second-order valence-electron chi connectivity index (χ2n) is 4.76. The first-order valence-corrected chi connectivity index (χ1v) is 5.87. The van der Waals surface area contributed by atoms with Crippen molar-refractivity contribution in [3.8, 4) is 0 Å². The number of hydrogen-bond acceptors (Lipinski definition) is 3. The number of carbonyl (C=O) groups excluding carboxylic acids is 1. The summed E-state index contributed by atoms with van der Waals surface area (Å²) in [5, 5.41) is 6.20. The number of likely N-dealkylation sites (tertiary alicyclic amines) is 1. The lowest BCUT2D eigenvalue weighted by atomic mass is 9.86. The molecule has 4 aliphatic rings. The average molecular weight is 231 g/mol. The first-order valence-electron chi connectivity index (χ1n) is 5.87. The summed E-state index contributed by atoms with van der Waals surface area (Å²) in [6.07, 6.45) is 0.940. The van der Waals surface area contributed by atoms with Crippen molar-refractivity contribution in [2.24, 2.45) is 0 Å². The molecular weight excluding hydrogens is 218 g/mol. The van der Waals surface area contributed by atoms with Gasteiger partial charge in [0.25, 0.3) is 0 Å². The molecule has 1 aromatic rings. The minimum atomic E-state index is -0.210. The highest BCUT2D eigenvalue weighted by molar-refractivity contribution is 5.90. The Morgan fingerprint density at radius 3 is 2.82 bits per heavy atom. The largest absolute Gasteiger partial charge is 0.338 e. The Labute approximate surface area is 98.7 Å². The number of benzene rings is 1. The van der Waals surface area contributed by atoms with E-state index in [1.54, 1.807) is 0 Å². The normalized spacial score (nSPS) is 36.8. The highest BCUT2D eigenvalue weighted by atomic mass is 16.6. The van der Waals surface area contributed by atoms with Crippen molar-refractivity contribution in [1.82, 2.24) is 10.2 Å². The maximum Gasteiger partial charge on any atom is 0.322 e. The smallest absolute Gasteiger partial charge is 0.322 e. The van der Waals surface area contributed by atoms with Crippen LogP contribution in [0, 0.1) is 0 Å². The Hall–Kier alpha value is -1.59. The number of anilines is 1. The van der Waals surface area contributed by atoms with E-state index < -0.39 is 0 Å². The number of para-hydroxylation sites is 1. The van der Waals surface area contributed by atoms with E-state index in [9.17, 15) is 4.79 Å². The van der Waals surface area contributed by atoms with Crippen LogP contribution in [0.1, 0.15) is 6.42 Å². The van der Waals surface area contributed by atoms with E-state index in [4.69, 9.17) is 4.74 Å². The molecule has 1 unspecified atom stereocenters. The summed E-state index contributed by atoms with van der Waals surface area (Å²) in [7, 11) is 0. The van der Waals surface area contributed by atoms with Crippen LogP contribution in [-0.2, 0) is 4.74 Å². The number of nitrogens with one attached hydrogen (secondary N) is 2. The van der Waals surface area contributed by atoms with Gasteiger partial charge in [0.1, 0.15) is 18.0 Å².